The highest BCUT2D eigenvalue weighted by molar-refractivity contribution is 6.31. The van der Waals surface area contributed by atoms with Gasteiger partial charge in [0.2, 0.25) is 5.91 Å². The number of carbonyl (C=O) groups is 2. The number of halogens is 1. The van der Waals surface area contributed by atoms with Crippen molar-refractivity contribution in [2.75, 3.05) is 23.8 Å². The first kappa shape index (κ1) is 20.0. The second kappa shape index (κ2) is 9.46. The van der Waals surface area contributed by atoms with Crippen molar-refractivity contribution >= 4 is 34.8 Å². The van der Waals surface area contributed by atoms with Crippen molar-refractivity contribution < 1.29 is 19.1 Å². The zero-order valence-electron chi connectivity index (χ0n) is 15.7. The number of nitrogens with one attached hydrogen (secondary N) is 2. The van der Waals surface area contributed by atoms with Crippen molar-refractivity contribution in [3.8, 4) is 11.5 Å². The number of hydrogen-bond donors (Lipinski definition) is 2. The number of anilines is 2. The average Bonchev–Trinajstić information content (AvgIpc) is 3.51. The predicted molar refractivity (Wildman–Crippen MR) is 109 cm³/mol. The molecule has 0 bridgehead atoms. The van der Waals surface area contributed by atoms with Crippen LogP contribution >= 0.6 is 11.6 Å². The summed E-state index contributed by atoms with van der Waals surface area (Å²) >= 11 is 6.02. The third kappa shape index (κ3) is 5.89. The van der Waals surface area contributed by atoms with Gasteiger partial charge in [-0.15, -0.1) is 0 Å². The van der Waals surface area contributed by atoms with Crippen LogP contribution in [0.15, 0.2) is 42.5 Å². The van der Waals surface area contributed by atoms with E-state index in [1.54, 1.807) is 42.5 Å². The molecule has 0 aliphatic heterocycles. The average molecular weight is 403 g/mol. The molecule has 0 unspecified atom stereocenters. The van der Waals surface area contributed by atoms with Crippen molar-refractivity contribution in [1.29, 1.82) is 0 Å². The molecule has 148 valence electrons. The maximum Gasteiger partial charge on any atom is 0.262 e. The molecule has 2 N–H and O–H groups in total. The Morgan fingerprint density at radius 2 is 1.93 bits per heavy atom. The number of rotatable bonds is 9. The van der Waals surface area contributed by atoms with Gasteiger partial charge in [0.15, 0.2) is 6.61 Å². The van der Waals surface area contributed by atoms with Gasteiger partial charge in [-0.1, -0.05) is 24.6 Å². The zero-order valence-corrected chi connectivity index (χ0v) is 16.4. The van der Waals surface area contributed by atoms with E-state index in [1.807, 2.05) is 6.92 Å². The molecule has 7 heteroatoms. The molecule has 0 aromatic heterocycles. The van der Waals surface area contributed by atoms with Crippen LogP contribution in [-0.2, 0) is 9.59 Å². The van der Waals surface area contributed by atoms with E-state index in [0.29, 0.717) is 34.5 Å². The maximum atomic E-state index is 12.3. The van der Waals surface area contributed by atoms with Gasteiger partial charge >= 0.3 is 0 Å². The monoisotopic (exact) mass is 402 g/mol. The molecule has 2 aromatic rings. The van der Waals surface area contributed by atoms with Gasteiger partial charge < -0.3 is 20.1 Å². The Kier molecular flexibility index (Phi) is 6.76. The largest absolute Gasteiger partial charge is 0.491 e. The second-order valence-corrected chi connectivity index (χ2v) is 7.05. The summed E-state index contributed by atoms with van der Waals surface area (Å²) in [6.45, 7) is 2.36. The van der Waals surface area contributed by atoms with E-state index in [1.165, 1.54) is 0 Å². The minimum Gasteiger partial charge on any atom is -0.491 e. The Labute approximate surface area is 169 Å². The van der Waals surface area contributed by atoms with Gasteiger partial charge in [0, 0.05) is 22.7 Å². The van der Waals surface area contributed by atoms with Crippen LogP contribution in [0.4, 0.5) is 11.4 Å². The molecule has 1 fully saturated rings. The Balaban J connectivity index is 1.55. The molecule has 28 heavy (non-hydrogen) atoms. The van der Waals surface area contributed by atoms with Gasteiger partial charge in [-0.25, -0.2) is 0 Å². The Hall–Kier alpha value is -2.73. The molecular formula is C21H23ClN2O4. The number of hydrogen-bond acceptors (Lipinski definition) is 4. The van der Waals surface area contributed by atoms with Crippen molar-refractivity contribution in [3.05, 3.63) is 47.5 Å². The quantitative estimate of drug-likeness (QED) is 0.647. The molecule has 0 saturated heterocycles. The van der Waals surface area contributed by atoms with Crippen LogP contribution in [0, 0.1) is 5.92 Å². The zero-order chi connectivity index (χ0) is 19.9. The highest BCUT2D eigenvalue weighted by atomic mass is 35.5. The van der Waals surface area contributed by atoms with Crippen LogP contribution in [-0.4, -0.2) is 25.0 Å². The number of amides is 2. The fourth-order valence-corrected chi connectivity index (χ4v) is 2.70. The van der Waals surface area contributed by atoms with E-state index in [0.717, 1.165) is 19.3 Å². The molecule has 6 nitrogen and oxygen atoms in total. The van der Waals surface area contributed by atoms with E-state index in [2.05, 4.69) is 10.6 Å². The minimum atomic E-state index is -0.337. The molecule has 1 saturated carbocycles. The highest BCUT2D eigenvalue weighted by Gasteiger charge is 2.29. The molecule has 1 aliphatic carbocycles. The van der Waals surface area contributed by atoms with Gasteiger partial charge in [-0.05, 0) is 49.6 Å². The second-order valence-electron chi connectivity index (χ2n) is 6.62. The summed E-state index contributed by atoms with van der Waals surface area (Å²) in [4.78, 5) is 24.1. The van der Waals surface area contributed by atoms with Gasteiger partial charge in [0.05, 0.1) is 12.3 Å². The van der Waals surface area contributed by atoms with Crippen LogP contribution in [0.2, 0.25) is 5.02 Å². The normalized spacial score (nSPS) is 12.9. The van der Waals surface area contributed by atoms with E-state index in [-0.39, 0.29) is 24.3 Å². The number of benzene rings is 2. The summed E-state index contributed by atoms with van der Waals surface area (Å²) in [5.74, 6) is 0.866. The standard InChI is InChI=1S/C21H23ClN2O4/c1-2-10-27-19-9-8-15(22)11-18(19)24-20(25)13-28-17-5-3-4-16(12-17)23-21(26)14-6-7-14/h3-5,8-9,11-12,14H,2,6-7,10,13H2,1H3,(H,23,26)(H,24,25). The lowest BCUT2D eigenvalue weighted by Crippen LogP contribution is -2.20. The van der Waals surface area contributed by atoms with Gasteiger partial charge in [-0.3, -0.25) is 9.59 Å². The maximum absolute atomic E-state index is 12.3. The van der Waals surface area contributed by atoms with Gasteiger partial charge in [-0.2, -0.15) is 0 Å². The fourth-order valence-electron chi connectivity index (χ4n) is 2.53. The van der Waals surface area contributed by atoms with Crippen molar-refractivity contribution in [2.24, 2.45) is 5.92 Å². The smallest absolute Gasteiger partial charge is 0.262 e. The fraction of sp³-hybridized carbons (Fsp3) is 0.333. The van der Waals surface area contributed by atoms with E-state index in [4.69, 9.17) is 21.1 Å². The molecule has 0 heterocycles. The summed E-state index contributed by atoms with van der Waals surface area (Å²) in [5.41, 5.74) is 1.15. The summed E-state index contributed by atoms with van der Waals surface area (Å²) in [5, 5.41) is 6.11. The lowest BCUT2D eigenvalue weighted by Gasteiger charge is -2.13. The van der Waals surface area contributed by atoms with Gasteiger partial charge in [0.25, 0.3) is 5.91 Å². The molecular weight excluding hydrogens is 380 g/mol. The molecule has 0 spiro atoms. The summed E-state index contributed by atoms with van der Waals surface area (Å²) < 4.78 is 11.2. The van der Waals surface area contributed by atoms with Crippen LogP contribution in [0.25, 0.3) is 0 Å². The van der Waals surface area contributed by atoms with Crippen LogP contribution < -0.4 is 20.1 Å². The van der Waals surface area contributed by atoms with Crippen molar-refractivity contribution in [1.82, 2.24) is 0 Å². The molecule has 0 atom stereocenters. The minimum absolute atomic E-state index is 0.0236. The van der Waals surface area contributed by atoms with Crippen LogP contribution in [0.5, 0.6) is 11.5 Å². The van der Waals surface area contributed by atoms with Crippen LogP contribution in [0.1, 0.15) is 26.2 Å². The molecule has 1 aliphatic rings. The summed E-state index contributed by atoms with van der Waals surface area (Å²) in [6.07, 6.45) is 2.73. The highest BCUT2D eigenvalue weighted by Crippen LogP contribution is 2.31. The Morgan fingerprint density at radius 3 is 2.68 bits per heavy atom. The Bertz CT molecular complexity index is 852. The van der Waals surface area contributed by atoms with Crippen LogP contribution in [0.3, 0.4) is 0 Å². The van der Waals surface area contributed by atoms with Crippen molar-refractivity contribution in [3.63, 3.8) is 0 Å². The lowest BCUT2D eigenvalue weighted by molar-refractivity contribution is -0.118. The first-order valence-corrected chi connectivity index (χ1v) is 9.69. The number of carbonyl (C=O) groups excluding carboxylic acids is 2. The third-order valence-electron chi connectivity index (χ3n) is 4.10. The van der Waals surface area contributed by atoms with E-state index < -0.39 is 0 Å². The third-order valence-corrected chi connectivity index (χ3v) is 4.33. The van der Waals surface area contributed by atoms with Crippen molar-refractivity contribution in [2.45, 2.75) is 26.2 Å². The Morgan fingerprint density at radius 1 is 1.11 bits per heavy atom. The van der Waals surface area contributed by atoms with Gasteiger partial charge in [0.1, 0.15) is 11.5 Å². The molecule has 0 radical (unpaired) electrons. The van der Waals surface area contributed by atoms with E-state index in [9.17, 15) is 9.59 Å². The molecule has 2 aromatic carbocycles. The predicted octanol–water partition coefficient (Wildman–Crippen LogP) is 4.49. The summed E-state index contributed by atoms with van der Waals surface area (Å²) in [6, 6.07) is 12.1. The summed E-state index contributed by atoms with van der Waals surface area (Å²) in [7, 11) is 0. The van der Waals surface area contributed by atoms with E-state index >= 15 is 0 Å². The lowest BCUT2D eigenvalue weighted by atomic mass is 10.2. The topological polar surface area (TPSA) is 76.7 Å². The SMILES string of the molecule is CCCOc1ccc(Cl)cc1NC(=O)COc1cccc(NC(=O)C2CC2)c1. The molecule has 2 amide bonds. The molecule has 3 rings (SSSR count). The first-order chi connectivity index (χ1) is 13.5. The number of ether oxygens (including phenoxy) is 2. The first-order valence-electron chi connectivity index (χ1n) is 9.31.